The summed E-state index contributed by atoms with van der Waals surface area (Å²) >= 11 is 0. The fourth-order valence-corrected chi connectivity index (χ4v) is 3.48. The van der Waals surface area contributed by atoms with Crippen molar-refractivity contribution in [2.45, 2.75) is 19.4 Å². The van der Waals surface area contributed by atoms with Crippen LogP contribution in [0.4, 0.5) is 5.82 Å². The van der Waals surface area contributed by atoms with Gasteiger partial charge in [-0.15, -0.1) is 0 Å². The third-order valence-electron chi connectivity index (χ3n) is 4.99. The average Bonchev–Trinajstić information content (AvgIpc) is 3.19. The molecule has 4 rings (SSSR count). The van der Waals surface area contributed by atoms with E-state index in [2.05, 4.69) is 33.1 Å². The van der Waals surface area contributed by atoms with Gasteiger partial charge in [0.05, 0.1) is 5.69 Å². The van der Waals surface area contributed by atoms with Crippen LogP contribution in [0, 0.1) is 5.92 Å². The van der Waals surface area contributed by atoms with Gasteiger partial charge in [-0.25, -0.2) is 9.97 Å². The molecule has 2 aliphatic heterocycles. The Morgan fingerprint density at radius 1 is 1.16 bits per heavy atom. The number of hydrogen-bond acceptors (Lipinski definition) is 7. The van der Waals surface area contributed by atoms with Gasteiger partial charge < -0.3 is 10.2 Å². The van der Waals surface area contributed by atoms with Gasteiger partial charge in [-0.1, -0.05) is 0 Å². The molecule has 2 aromatic rings. The molecule has 1 saturated heterocycles. The second-order valence-corrected chi connectivity index (χ2v) is 6.80. The van der Waals surface area contributed by atoms with Crippen molar-refractivity contribution in [3.05, 3.63) is 35.8 Å². The Kier molecular flexibility index (Phi) is 4.87. The molecule has 1 fully saturated rings. The molecule has 2 aromatic heterocycles. The van der Waals surface area contributed by atoms with E-state index in [1.165, 1.54) is 5.56 Å². The number of hydrazine groups is 1. The molecule has 4 heterocycles. The molecule has 0 radical (unpaired) electrons. The fourth-order valence-electron chi connectivity index (χ4n) is 3.48. The van der Waals surface area contributed by atoms with Crippen molar-refractivity contribution in [1.29, 1.82) is 0 Å². The maximum atomic E-state index is 4.93. The van der Waals surface area contributed by atoms with Crippen LogP contribution in [-0.2, 0) is 13.0 Å². The molecule has 7 heteroatoms. The van der Waals surface area contributed by atoms with Crippen molar-refractivity contribution in [3.8, 4) is 11.4 Å². The first-order valence-corrected chi connectivity index (χ1v) is 8.99. The van der Waals surface area contributed by atoms with Crippen LogP contribution in [0.25, 0.3) is 11.4 Å². The summed E-state index contributed by atoms with van der Waals surface area (Å²) in [5.74, 6) is 2.55. The highest BCUT2D eigenvalue weighted by Gasteiger charge is 2.21. The Morgan fingerprint density at radius 2 is 1.96 bits per heavy atom. The van der Waals surface area contributed by atoms with Crippen LogP contribution in [0.1, 0.15) is 17.7 Å². The number of anilines is 1. The number of fused-ring (bicyclic) bond motifs is 1. The summed E-state index contributed by atoms with van der Waals surface area (Å²) in [6.45, 7) is 4.89. The first-order chi connectivity index (χ1) is 12.3. The van der Waals surface area contributed by atoms with Crippen molar-refractivity contribution in [2.75, 3.05) is 38.1 Å². The summed E-state index contributed by atoms with van der Waals surface area (Å²) in [6.07, 6.45) is 5.72. The van der Waals surface area contributed by atoms with Gasteiger partial charge in [0.2, 0.25) is 0 Å². The van der Waals surface area contributed by atoms with E-state index < -0.39 is 0 Å². The van der Waals surface area contributed by atoms with Gasteiger partial charge in [0.25, 0.3) is 0 Å². The first kappa shape index (κ1) is 16.4. The lowest BCUT2D eigenvalue weighted by Crippen LogP contribution is -2.30. The molecule has 132 valence electrons. The molecule has 0 aliphatic carbocycles. The normalized spacial score (nSPS) is 17.5. The fraction of sp³-hybridized carbons (Fsp3) is 0.500. The van der Waals surface area contributed by atoms with E-state index in [1.54, 1.807) is 12.4 Å². The highest BCUT2D eigenvalue weighted by molar-refractivity contribution is 5.60. The smallest absolute Gasteiger partial charge is 0.161 e. The van der Waals surface area contributed by atoms with Crippen molar-refractivity contribution in [3.63, 3.8) is 0 Å². The van der Waals surface area contributed by atoms with Gasteiger partial charge in [0.15, 0.2) is 5.82 Å². The second kappa shape index (κ2) is 7.43. The molecule has 7 nitrogen and oxygen atoms in total. The predicted molar refractivity (Wildman–Crippen MR) is 98.1 cm³/mol. The number of nitrogens with zero attached hydrogens (tertiary/aromatic N) is 4. The Bertz CT molecular complexity index is 713. The summed E-state index contributed by atoms with van der Waals surface area (Å²) in [7, 11) is 2.15. The molecule has 25 heavy (non-hydrogen) atoms. The summed E-state index contributed by atoms with van der Waals surface area (Å²) in [6, 6.07) is 3.94. The molecule has 0 amide bonds. The monoisotopic (exact) mass is 339 g/mol. The van der Waals surface area contributed by atoms with Crippen LogP contribution in [0.15, 0.2) is 24.5 Å². The molecule has 0 saturated carbocycles. The zero-order chi connectivity index (χ0) is 17.1. The van der Waals surface area contributed by atoms with Crippen LogP contribution in [0.3, 0.4) is 0 Å². The van der Waals surface area contributed by atoms with E-state index >= 15 is 0 Å². The quantitative estimate of drug-likeness (QED) is 0.741. The number of pyridine rings is 1. The van der Waals surface area contributed by atoms with Crippen LogP contribution in [0.2, 0.25) is 0 Å². The third-order valence-corrected chi connectivity index (χ3v) is 4.99. The summed E-state index contributed by atoms with van der Waals surface area (Å²) in [4.78, 5) is 16.1. The highest BCUT2D eigenvalue weighted by Crippen LogP contribution is 2.27. The first-order valence-electron chi connectivity index (χ1n) is 8.99. The molecular weight excluding hydrogens is 314 g/mol. The largest absolute Gasteiger partial charge is 0.359 e. The SMILES string of the molecule is CN(CCC1CNNC1)c1nc(-c2ccncc2)nc2c1CCNC2. The second-order valence-electron chi connectivity index (χ2n) is 6.80. The van der Waals surface area contributed by atoms with Crippen LogP contribution >= 0.6 is 0 Å². The molecule has 0 aromatic carbocycles. The van der Waals surface area contributed by atoms with Crippen LogP contribution in [0.5, 0.6) is 0 Å². The number of aromatic nitrogens is 3. The van der Waals surface area contributed by atoms with Gasteiger partial charge in [0.1, 0.15) is 5.82 Å². The van der Waals surface area contributed by atoms with Crippen LogP contribution < -0.4 is 21.1 Å². The van der Waals surface area contributed by atoms with E-state index in [9.17, 15) is 0 Å². The van der Waals surface area contributed by atoms with Gasteiger partial charge >= 0.3 is 0 Å². The van der Waals surface area contributed by atoms with E-state index in [0.717, 1.165) is 68.5 Å². The van der Waals surface area contributed by atoms with E-state index in [-0.39, 0.29) is 0 Å². The van der Waals surface area contributed by atoms with Crippen molar-refractivity contribution in [2.24, 2.45) is 5.92 Å². The minimum absolute atomic E-state index is 0.682. The zero-order valence-electron chi connectivity index (χ0n) is 14.6. The molecule has 0 atom stereocenters. The Labute approximate surface area is 148 Å². The minimum atomic E-state index is 0.682. The molecule has 2 aliphatic rings. The van der Waals surface area contributed by atoms with Crippen molar-refractivity contribution >= 4 is 5.82 Å². The molecule has 3 N–H and O–H groups in total. The van der Waals surface area contributed by atoms with E-state index in [4.69, 9.17) is 9.97 Å². The van der Waals surface area contributed by atoms with Gasteiger partial charge in [-0.05, 0) is 37.4 Å². The van der Waals surface area contributed by atoms with E-state index in [0.29, 0.717) is 5.92 Å². The molecule has 0 unspecified atom stereocenters. The lowest BCUT2D eigenvalue weighted by molar-refractivity contribution is 0.553. The van der Waals surface area contributed by atoms with Gasteiger partial charge in [0, 0.05) is 56.7 Å². The lowest BCUT2D eigenvalue weighted by Gasteiger charge is -2.26. The maximum absolute atomic E-state index is 4.93. The zero-order valence-corrected chi connectivity index (χ0v) is 14.6. The molecule has 0 spiro atoms. The number of nitrogens with one attached hydrogen (secondary N) is 3. The molecule has 0 bridgehead atoms. The lowest BCUT2D eigenvalue weighted by atomic mass is 10.0. The summed E-state index contributed by atoms with van der Waals surface area (Å²) in [5.41, 5.74) is 9.85. The predicted octanol–water partition coefficient (Wildman–Crippen LogP) is 0.735. The summed E-state index contributed by atoms with van der Waals surface area (Å²) < 4.78 is 0. The molecular formula is C18H25N7. The third kappa shape index (κ3) is 3.63. The minimum Gasteiger partial charge on any atom is -0.359 e. The Balaban J connectivity index is 1.62. The van der Waals surface area contributed by atoms with Crippen molar-refractivity contribution < 1.29 is 0 Å². The average molecular weight is 339 g/mol. The Morgan fingerprint density at radius 3 is 2.76 bits per heavy atom. The van der Waals surface area contributed by atoms with Gasteiger partial charge in [-0.2, -0.15) is 0 Å². The number of rotatable bonds is 5. The summed E-state index contributed by atoms with van der Waals surface area (Å²) in [5, 5.41) is 3.42. The Hall–Kier alpha value is -2.09. The number of hydrogen-bond donors (Lipinski definition) is 3. The topological polar surface area (TPSA) is 78.0 Å². The van der Waals surface area contributed by atoms with E-state index in [1.807, 2.05) is 12.1 Å². The standard InChI is InChI=1S/C18H25N7/c1-25(9-5-13-10-21-22-11-13)18-15-4-8-20-12-16(15)23-17(24-18)14-2-6-19-7-3-14/h2-3,6-7,13,20-22H,4-5,8-12H2,1H3. The van der Waals surface area contributed by atoms with Gasteiger partial charge in [-0.3, -0.25) is 15.8 Å². The highest BCUT2D eigenvalue weighted by atomic mass is 15.4. The maximum Gasteiger partial charge on any atom is 0.161 e. The van der Waals surface area contributed by atoms with Crippen molar-refractivity contribution in [1.82, 2.24) is 31.1 Å². The van der Waals surface area contributed by atoms with Crippen LogP contribution in [-0.4, -0.2) is 48.2 Å².